The number of primary amides is 2. The number of rotatable bonds is 14. The van der Waals surface area contributed by atoms with Crippen molar-refractivity contribution in [2.24, 2.45) is 23.1 Å². The number of aliphatic hydroxyl groups excluding tert-OH is 1. The summed E-state index contributed by atoms with van der Waals surface area (Å²) in [6.45, 7) is 4.27. The predicted octanol–water partition coefficient (Wildman–Crippen LogP) is -3.97. The molecule has 0 aromatic rings. The summed E-state index contributed by atoms with van der Waals surface area (Å²) in [4.78, 5) is 70.7. The fourth-order valence-corrected chi connectivity index (χ4v) is 2.53. The number of aliphatic hydroxyl groups is 1. The van der Waals surface area contributed by atoms with Crippen LogP contribution in [0.25, 0.3) is 0 Å². The minimum absolute atomic E-state index is 0.103. The van der Waals surface area contributed by atoms with Crippen molar-refractivity contribution in [3.63, 3.8) is 0 Å². The SMILES string of the molecule is CC(C)C(NC(=O)C(CC(N)=O)NC(=O)C(NC(=O)C(N)CCC(N)=O)C(C)O)C(=O)O. The van der Waals surface area contributed by atoms with E-state index in [2.05, 4.69) is 16.0 Å². The second-order valence-corrected chi connectivity index (χ2v) is 7.64. The van der Waals surface area contributed by atoms with Crippen molar-refractivity contribution < 1.29 is 39.0 Å². The molecule has 5 amide bonds. The molecule has 0 fully saturated rings. The fourth-order valence-electron chi connectivity index (χ4n) is 2.53. The van der Waals surface area contributed by atoms with Crippen LogP contribution in [-0.4, -0.2) is 76.0 Å². The Balaban J connectivity index is 5.41. The van der Waals surface area contributed by atoms with Crippen LogP contribution in [0.15, 0.2) is 0 Å². The summed E-state index contributed by atoms with van der Waals surface area (Å²) >= 11 is 0. The second kappa shape index (κ2) is 13.2. The summed E-state index contributed by atoms with van der Waals surface area (Å²) in [6.07, 6.45) is -2.39. The predicted molar refractivity (Wildman–Crippen MR) is 110 cm³/mol. The molecule has 0 aliphatic rings. The first-order valence-corrected chi connectivity index (χ1v) is 9.81. The van der Waals surface area contributed by atoms with Crippen LogP contribution in [-0.2, 0) is 28.8 Å². The lowest BCUT2D eigenvalue weighted by atomic mass is 10.0. The van der Waals surface area contributed by atoms with Gasteiger partial charge >= 0.3 is 5.97 Å². The zero-order valence-corrected chi connectivity index (χ0v) is 18.2. The smallest absolute Gasteiger partial charge is 0.326 e. The van der Waals surface area contributed by atoms with E-state index in [-0.39, 0.29) is 12.8 Å². The first kappa shape index (κ1) is 28.7. The van der Waals surface area contributed by atoms with Gasteiger partial charge in [-0.25, -0.2) is 4.79 Å². The van der Waals surface area contributed by atoms with Crippen LogP contribution in [0.2, 0.25) is 0 Å². The number of amides is 5. The molecule has 14 heteroatoms. The molecule has 0 aromatic heterocycles. The molecule has 0 heterocycles. The normalized spacial score (nSPS) is 15.6. The average Bonchev–Trinajstić information content (AvgIpc) is 2.65. The highest BCUT2D eigenvalue weighted by atomic mass is 16.4. The number of hydrogen-bond acceptors (Lipinski definition) is 8. The Hall–Kier alpha value is -3.26. The summed E-state index contributed by atoms with van der Waals surface area (Å²) in [5, 5.41) is 25.7. The van der Waals surface area contributed by atoms with Gasteiger partial charge < -0.3 is 43.4 Å². The van der Waals surface area contributed by atoms with Gasteiger partial charge in [-0.3, -0.25) is 24.0 Å². The minimum atomic E-state index is -1.58. The summed E-state index contributed by atoms with van der Waals surface area (Å²) < 4.78 is 0. The van der Waals surface area contributed by atoms with Crippen molar-refractivity contribution in [1.82, 2.24) is 16.0 Å². The molecule has 0 bridgehead atoms. The molecule has 5 unspecified atom stereocenters. The number of hydrogen-bond donors (Lipinski definition) is 8. The number of carbonyl (C=O) groups is 6. The Bertz CT molecular complexity index is 726. The molecule has 32 heavy (non-hydrogen) atoms. The number of carboxylic acid groups (broad SMARTS) is 1. The van der Waals surface area contributed by atoms with Crippen molar-refractivity contribution in [1.29, 1.82) is 0 Å². The van der Waals surface area contributed by atoms with Crippen molar-refractivity contribution in [3.8, 4) is 0 Å². The molecule has 14 nitrogen and oxygen atoms in total. The van der Waals surface area contributed by atoms with E-state index in [4.69, 9.17) is 17.2 Å². The van der Waals surface area contributed by atoms with Crippen molar-refractivity contribution in [2.45, 2.75) is 70.3 Å². The lowest BCUT2D eigenvalue weighted by Crippen LogP contribution is -2.60. The van der Waals surface area contributed by atoms with E-state index >= 15 is 0 Å². The van der Waals surface area contributed by atoms with Crippen LogP contribution >= 0.6 is 0 Å². The van der Waals surface area contributed by atoms with Gasteiger partial charge in [0.1, 0.15) is 18.1 Å². The Morgan fingerprint density at radius 2 is 1.34 bits per heavy atom. The molecule has 5 atom stereocenters. The highest BCUT2D eigenvalue weighted by Gasteiger charge is 2.33. The van der Waals surface area contributed by atoms with Gasteiger partial charge in [0.15, 0.2) is 0 Å². The molecule has 11 N–H and O–H groups in total. The summed E-state index contributed by atoms with van der Waals surface area (Å²) in [5.74, 6) is -6.38. The van der Waals surface area contributed by atoms with Gasteiger partial charge in [0, 0.05) is 6.42 Å². The summed E-state index contributed by atoms with van der Waals surface area (Å²) in [6, 6.07) is -5.65. The monoisotopic (exact) mass is 460 g/mol. The molecule has 0 aliphatic heterocycles. The van der Waals surface area contributed by atoms with Crippen molar-refractivity contribution >= 4 is 35.5 Å². The lowest BCUT2D eigenvalue weighted by Gasteiger charge is -2.26. The molecule has 0 aliphatic carbocycles. The summed E-state index contributed by atoms with van der Waals surface area (Å²) in [7, 11) is 0. The van der Waals surface area contributed by atoms with Crippen LogP contribution in [0.4, 0.5) is 0 Å². The number of nitrogens with two attached hydrogens (primary N) is 3. The Morgan fingerprint density at radius 1 is 0.812 bits per heavy atom. The van der Waals surface area contributed by atoms with Crippen LogP contribution in [0.5, 0.6) is 0 Å². The largest absolute Gasteiger partial charge is 0.480 e. The van der Waals surface area contributed by atoms with Gasteiger partial charge in [0.05, 0.1) is 18.6 Å². The molecule has 0 saturated heterocycles. The zero-order chi connectivity index (χ0) is 25.2. The second-order valence-electron chi connectivity index (χ2n) is 7.64. The summed E-state index contributed by atoms with van der Waals surface area (Å²) in [5.41, 5.74) is 15.7. The van der Waals surface area contributed by atoms with Gasteiger partial charge in [0.2, 0.25) is 29.5 Å². The lowest BCUT2D eigenvalue weighted by molar-refractivity contribution is -0.143. The van der Waals surface area contributed by atoms with E-state index in [0.717, 1.165) is 0 Å². The van der Waals surface area contributed by atoms with Crippen LogP contribution in [0, 0.1) is 5.92 Å². The highest BCUT2D eigenvalue weighted by molar-refractivity contribution is 5.96. The molecule has 0 rings (SSSR count). The molecule has 0 aromatic carbocycles. The highest BCUT2D eigenvalue weighted by Crippen LogP contribution is 2.05. The topological polar surface area (TPSA) is 257 Å². The van der Waals surface area contributed by atoms with Crippen LogP contribution < -0.4 is 33.2 Å². The fraction of sp³-hybridized carbons (Fsp3) is 0.667. The van der Waals surface area contributed by atoms with Gasteiger partial charge in [0.25, 0.3) is 0 Å². The van der Waals surface area contributed by atoms with Crippen molar-refractivity contribution in [3.05, 3.63) is 0 Å². The Morgan fingerprint density at radius 3 is 1.75 bits per heavy atom. The van der Waals surface area contributed by atoms with Crippen LogP contribution in [0.3, 0.4) is 0 Å². The average molecular weight is 460 g/mol. The third kappa shape index (κ3) is 10.2. The number of carboxylic acids is 1. The van der Waals surface area contributed by atoms with E-state index in [9.17, 15) is 39.0 Å². The standard InChI is InChI=1S/C18H32N6O8/c1-7(2)13(18(31)32)23-16(29)10(6-12(21)27)22-17(30)14(8(3)25)24-15(28)9(19)4-5-11(20)26/h7-10,13-14,25H,4-6,19H2,1-3H3,(H2,20,26)(H2,21,27)(H,22,30)(H,23,29)(H,24,28)(H,31,32). The third-order valence-corrected chi connectivity index (χ3v) is 4.37. The van der Waals surface area contributed by atoms with Crippen LogP contribution in [0.1, 0.15) is 40.0 Å². The quantitative estimate of drug-likeness (QED) is 0.125. The van der Waals surface area contributed by atoms with E-state index in [1.54, 1.807) is 13.8 Å². The minimum Gasteiger partial charge on any atom is -0.480 e. The van der Waals surface area contributed by atoms with Gasteiger partial charge in [-0.1, -0.05) is 13.8 Å². The van der Waals surface area contributed by atoms with Gasteiger partial charge in [-0.15, -0.1) is 0 Å². The number of nitrogens with one attached hydrogen (secondary N) is 3. The first-order valence-electron chi connectivity index (χ1n) is 9.81. The first-order chi connectivity index (χ1) is 14.7. The van der Waals surface area contributed by atoms with E-state index in [1.807, 2.05) is 0 Å². The maximum absolute atomic E-state index is 12.6. The maximum atomic E-state index is 12.6. The molecule has 0 radical (unpaired) electrons. The van der Waals surface area contributed by atoms with E-state index < -0.39 is 78.1 Å². The Kier molecular flexibility index (Phi) is 11.9. The van der Waals surface area contributed by atoms with Gasteiger partial charge in [-0.05, 0) is 19.3 Å². The van der Waals surface area contributed by atoms with E-state index in [0.29, 0.717) is 0 Å². The number of aliphatic carboxylic acids is 1. The number of carbonyl (C=O) groups excluding carboxylic acids is 5. The molecular weight excluding hydrogens is 428 g/mol. The molecule has 182 valence electrons. The van der Waals surface area contributed by atoms with Gasteiger partial charge in [-0.2, -0.15) is 0 Å². The zero-order valence-electron chi connectivity index (χ0n) is 18.2. The molecule has 0 spiro atoms. The molecular formula is C18H32N6O8. The third-order valence-electron chi connectivity index (χ3n) is 4.37. The Labute approximate surface area is 184 Å². The van der Waals surface area contributed by atoms with E-state index in [1.165, 1.54) is 6.92 Å². The molecule has 0 saturated carbocycles. The van der Waals surface area contributed by atoms with Crippen molar-refractivity contribution in [2.75, 3.05) is 0 Å². The maximum Gasteiger partial charge on any atom is 0.326 e.